The van der Waals surface area contributed by atoms with Crippen molar-refractivity contribution in [1.82, 2.24) is 14.8 Å². The summed E-state index contributed by atoms with van der Waals surface area (Å²) in [6.07, 6.45) is 3.67. The number of likely N-dealkylation sites (tertiary alicyclic amines) is 1. The zero-order valence-corrected chi connectivity index (χ0v) is 18.6. The van der Waals surface area contributed by atoms with Gasteiger partial charge >= 0.3 is 6.03 Å². The standard InChI is InChI=1S/C26H31N3O2/c1-4-19-11-13-20(14-12-19)22-15-23(17-29(16-22)26(30)28(3)5-2)25-27-24(18-31-25)21-9-7-6-8-10-21/h6-14,18,22-23H,4-5,15-17H2,1-3H3. The Balaban J connectivity index is 1.61. The Morgan fingerprint density at radius 3 is 2.45 bits per heavy atom. The highest BCUT2D eigenvalue weighted by Gasteiger charge is 2.35. The van der Waals surface area contributed by atoms with Gasteiger partial charge in [0.05, 0.1) is 5.92 Å². The Morgan fingerprint density at radius 2 is 1.77 bits per heavy atom. The topological polar surface area (TPSA) is 49.6 Å². The number of amides is 2. The van der Waals surface area contributed by atoms with E-state index in [9.17, 15) is 4.79 Å². The summed E-state index contributed by atoms with van der Waals surface area (Å²) in [7, 11) is 1.86. The predicted octanol–water partition coefficient (Wildman–Crippen LogP) is 5.55. The average molecular weight is 418 g/mol. The van der Waals surface area contributed by atoms with Gasteiger partial charge in [-0.15, -0.1) is 0 Å². The van der Waals surface area contributed by atoms with Crippen molar-refractivity contribution in [3.8, 4) is 11.3 Å². The largest absolute Gasteiger partial charge is 0.448 e. The molecule has 2 heterocycles. The molecule has 0 radical (unpaired) electrons. The maximum Gasteiger partial charge on any atom is 0.319 e. The van der Waals surface area contributed by atoms with Crippen molar-refractivity contribution >= 4 is 6.03 Å². The first kappa shape index (κ1) is 21.2. The van der Waals surface area contributed by atoms with Crippen molar-refractivity contribution < 1.29 is 9.21 Å². The smallest absolute Gasteiger partial charge is 0.319 e. The van der Waals surface area contributed by atoms with E-state index < -0.39 is 0 Å². The Morgan fingerprint density at radius 1 is 1.06 bits per heavy atom. The quantitative estimate of drug-likeness (QED) is 0.547. The second kappa shape index (κ2) is 9.38. The number of carbonyl (C=O) groups excluding carboxylic acids is 1. The molecule has 162 valence electrons. The molecule has 1 aliphatic rings. The van der Waals surface area contributed by atoms with Crippen LogP contribution in [0.3, 0.4) is 0 Å². The highest BCUT2D eigenvalue weighted by molar-refractivity contribution is 5.74. The molecular weight excluding hydrogens is 386 g/mol. The number of aromatic nitrogens is 1. The molecule has 0 N–H and O–H groups in total. The van der Waals surface area contributed by atoms with Crippen LogP contribution in [-0.2, 0) is 6.42 Å². The third kappa shape index (κ3) is 4.66. The van der Waals surface area contributed by atoms with Crippen molar-refractivity contribution in [2.45, 2.75) is 38.5 Å². The molecule has 5 heteroatoms. The molecule has 0 bridgehead atoms. The van der Waals surface area contributed by atoms with E-state index in [0.29, 0.717) is 19.0 Å². The van der Waals surface area contributed by atoms with Crippen molar-refractivity contribution in [1.29, 1.82) is 0 Å². The number of benzene rings is 2. The summed E-state index contributed by atoms with van der Waals surface area (Å²) in [5.41, 5.74) is 4.48. The van der Waals surface area contributed by atoms with Crippen LogP contribution in [0.4, 0.5) is 4.79 Å². The second-order valence-electron chi connectivity index (χ2n) is 8.36. The molecule has 2 amide bonds. The maximum atomic E-state index is 13.0. The Hall–Kier alpha value is -3.08. The average Bonchev–Trinajstić information content (AvgIpc) is 3.34. The van der Waals surface area contributed by atoms with Crippen LogP contribution in [0, 0.1) is 0 Å². The molecule has 2 unspecified atom stereocenters. The van der Waals surface area contributed by atoms with Gasteiger partial charge in [-0.3, -0.25) is 0 Å². The van der Waals surface area contributed by atoms with E-state index >= 15 is 0 Å². The zero-order valence-electron chi connectivity index (χ0n) is 18.6. The van der Waals surface area contributed by atoms with Crippen LogP contribution >= 0.6 is 0 Å². The fourth-order valence-corrected chi connectivity index (χ4v) is 4.29. The molecule has 1 saturated heterocycles. The lowest BCUT2D eigenvalue weighted by molar-refractivity contribution is 0.138. The van der Waals surface area contributed by atoms with Crippen LogP contribution in [0.1, 0.15) is 49.1 Å². The number of rotatable bonds is 5. The highest BCUT2D eigenvalue weighted by atomic mass is 16.3. The minimum atomic E-state index is 0.0660. The molecule has 31 heavy (non-hydrogen) atoms. The summed E-state index contributed by atoms with van der Waals surface area (Å²) in [4.78, 5) is 21.5. The van der Waals surface area contributed by atoms with Crippen LogP contribution in [0.2, 0.25) is 0 Å². The number of hydrogen-bond donors (Lipinski definition) is 0. The lowest BCUT2D eigenvalue weighted by Crippen LogP contribution is -2.47. The van der Waals surface area contributed by atoms with E-state index in [0.717, 1.165) is 30.6 Å². The van der Waals surface area contributed by atoms with Crippen LogP contribution in [0.5, 0.6) is 0 Å². The SMILES string of the molecule is CCc1ccc(C2CC(c3nc(-c4ccccc4)co3)CN(C(=O)N(C)CC)C2)cc1. The minimum Gasteiger partial charge on any atom is -0.448 e. The van der Waals surface area contributed by atoms with Gasteiger partial charge in [0.15, 0.2) is 5.89 Å². The van der Waals surface area contributed by atoms with Gasteiger partial charge < -0.3 is 14.2 Å². The van der Waals surface area contributed by atoms with Gasteiger partial charge in [0.25, 0.3) is 0 Å². The van der Waals surface area contributed by atoms with Gasteiger partial charge in [-0.25, -0.2) is 9.78 Å². The van der Waals surface area contributed by atoms with E-state index in [1.54, 1.807) is 11.2 Å². The fraction of sp³-hybridized carbons (Fsp3) is 0.385. The molecule has 2 aromatic carbocycles. The molecule has 0 saturated carbocycles. The van der Waals surface area contributed by atoms with E-state index in [2.05, 4.69) is 31.2 Å². The van der Waals surface area contributed by atoms with Crippen LogP contribution in [0.25, 0.3) is 11.3 Å². The van der Waals surface area contributed by atoms with Crippen molar-refractivity contribution in [2.75, 3.05) is 26.7 Å². The summed E-state index contributed by atoms with van der Waals surface area (Å²) in [5, 5.41) is 0. The molecule has 4 rings (SSSR count). The first-order valence-corrected chi connectivity index (χ1v) is 11.2. The first-order chi connectivity index (χ1) is 15.1. The molecule has 2 atom stereocenters. The highest BCUT2D eigenvalue weighted by Crippen LogP contribution is 2.37. The summed E-state index contributed by atoms with van der Waals surface area (Å²) in [5.74, 6) is 1.04. The van der Waals surface area contributed by atoms with Crippen LogP contribution in [0.15, 0.2) is 65.3 Å². The van der Waals surface area contributed by atoms with E-state index in [1.165, 1.54) is 11.1 Å². The summed E-state index contributed by atoms with van der Waals surface area (Å²) in [6.45, 7) is 6.20. The molecule has 1 aromatic heterocycles. The third-order valence-corrected chi connectivity index (χ3v) is 6.32. The van der Waals surface area contributed by atoms with E-state index in [1.807, 2.05) is 49.2 Å². The lowest BCUT2D eigenvalue weighted by atomic mass is 9.84. The third-order valence-electron chi connectivity index (χ3n) is 6.32. The first-order valence-electron chi connectivity index (χ1n) is 11.2. The van der Waals surface area contributed by atoms with Crippen molar-refractivity contribution in [2.24, 2.45) is 0 Å². The summed E-state index contributed by atoms with van der Waals surface area (Å²) >= 11 is 0. The van der Waals surface area contributed by atoms with Gasteiger partial charge in [0.1, 0.15) is 12.0 Å². The van der Waals surface area contributed by atoms with Gasteiger partial charge in [0, 0.05) is 38.2 Å². The predicted molar refractivity (Wildman–Crippen MR) is 123 cm³/mol. The molecular formula is C26H31N3O2. The van der Waals surface area contributed by atoms with Gasteiger partial charge in [-0.05, 0) is 30.9 Å². The van der Waals surface area contributed by atoms with Gasteiger partial charge in [-0.2, -0.15) is 0 Å². The van der Waals surface area contributed by atoms with Crippen molar-refractivity contribution in [3.63, 3.8) is 0 Å². The monoisotopic (exact) mass is 417 g/mol. The molecule has 5 nitrogen and oxygen atoms in total. The number of aryl methyl sites for hydroxylation is 1. The second-order valence-corrected chi connectivity index (χ2v) is 8.36. The molecule has 1 fully saturated rings. The van der Waals surface area contributed by atoms with Gasteiger partial charge in [0.2, 0.25) is 0 Å². The van der Waals surface area contributed by atoms with Crippen LogP contribution in [-0.4, -0.2) is 47.5 Å². The van der Waals surface area contributed by atoms with Crippen LogP contribution < -0.4 is 0 Å². The summed E-state index contributed by atoms with van der Waals surface area (Å²) in [6, 6.07) is 18.9. The maximum absolute atomic E-state index is 13.0. The molecule has 3 aromatic rings. The Kier molecular flexibility index (Phi) is 6.40. The number of nitrogens with zero attached hydrogens (tertiary/aromatic N) is 3. The number of piperidine rings is 1. The number of carbonyl (C=O) groups is 1. The number of hydrogen-bond acceptors (Lipinski definition) is 3. The summed E-state index contributed by atoms with van der Waals surface area (Å²) < 4.78 is 5.93. The molecule has 1 aliphatic heterocycles. The number of urea groups is 1. The van der Waals surface area contributed by atoms with E-state index in [-0.39, 0.29) is 17.9 Å². The van der Waals surface area contributed by atoms with E-state index in [4.69, 9.17) is 9.40 Å². The fourth-order valence-electron chi connectivity index (χ4n) is 4.29. The lowest BCUT2D eigenvalue weighted by Gasteiger charge is -2.38. The molecule has 0 aliphatic carbocycles. The molecule has 0 spiro atoms. The zero-order chi connectivity index (χ0) is 21.8. The van der Waals surface area contributed by atoms with Gasteiger partial charge in [-0.1, -0.05) is 61.5 Å². The number of oxazole rings is 1. The minimum absolute atomic E-state index is 0.0660. The Labute approximate surface area is 184 Å². The normalized spacial score (nSPS) is 18.7. The van der Waals surface area contributed by atoms with Crippen molar-refractivity contribution in [3.05, 3.63) is 77.9 Å². The Bertz CT molecular complexity index is 997.